The Labute approximate surface area is 134 Å². The van der Waals surface area contributed by atoms with Crippen LogP contribution in [0.5, 0.6) is 0 Å². The third-order valence-electron chi connectivity index (χ3n) is 3.71. The topological polar surface area (TPSA) is 118 Å². The molecule has 1 rings (SSSR count). The van der Waals surface area contributed by atoms with Crippen molar-refractivity contribution in [2.75, 3.05) is 6.54 Å². The van der Waals surface area contributed by atoms with Crippen LogP contribution in [0.3, 0.4) is 0 Å². The van der Waals surface area contributed by atoms with Crippen LogP contribution < -0.4 is 0 Å². The zero-order valence-corrected chi connectivity index (χ0v) is 14.0. The van der Waals surface area contributed by atoms with Crippen molar-refractivity contribution < 1.29 is 23.2 Å². The van der Waals surface area contributed by atoms with E-state index in [2.05, 4.69) is 0 Å². The minimum Gasteiger partial charge on any atom is -0.480 e. The monoisotopic (exact) mass is 344 g/mol. The number of carbonyl (C=O) groups is 1. The normalized spacial score (nSPS) is 14.4. The summed E-state index contributed by atoms with van der Waals surface area (Å²) in [5.41, 5.74) is -0.233. The van der Waals surface area contributed by atoms with Gasteiger partial charge in [-0.05, 0) is 18.1 Å². The number of nitro groups is 1. The lowest BCUT2D eigenvalue weighted by Gasteiger charge is -2.30. The first-order valence-electron chi connectivity index (χ1n) is 7.15. The Morgan fingerprint density at radius 1 is 1.30 bits per heavy atom. The van der Waals surface area contributed by atoms with Gasteiger partial charge in [0, 0.05) is 18.7 Å². The molecule has 0 saturated carbocycles. The second kappa shape index (κ2) is 7.51. The largest absolute Gasteiger partial charge is 0.480 e. The van der Waals surface area contributed by atoms with Gasteiger partial charge in [-0.1, -0.05) is 27.2 Å². The summed E-state index contributed by atoms with van der Waals surface area (Å²) in [6.07, 6.45) is 0.503. The van der Waals surface area contributed by atoms with Gasteiger partial charge in [-0.3, -0.25) is 14.9 Å². The molecule has 23 heavy (non-hydrogen) atoms. The first-order valence-corrected chi connectivity index (χ1v) is 8.59. The van der Waals surface area contributed by atoms with Crippen LogP contribution in [0.25, 0.3) is 0 Å². The molecule has 128 valence electrons. The van der Waals surface area contributed by atoms with Crippen LogP contribution in [0, 0.1) is 16.0 Å². The maximum atomic E-state index is 12.7. The lowest BCUT2D eigenvalue weighted by Crippen LogP contribution is -2.48. The second-order valence-electron chi connectivity index (χ2n) is 5.13. The number of nitro benzene ring substituents is 1. The predicted molar refractivity (Wildman–Crippen MR) is 83.5 cm³/mol. The molecule has 0 spiro atoms. The lowest BCUT2D eigenvalue weighted by atomic mass is 9.99. The van der Waals surface area contributed by atoms with E-state index in [1.54, 1.807) is 20.8 Å². The van der Waals surface area contributed by atoms with Crippen LogP contribution in [0.15, 0.2) is 29.2 Å². The third-order valence-corrected chi connectivity index (χ3v) is 5.68. The number of hydrogen-bond donors (Lipinski definition) is 1. The van der Waals surface area contributed by atoms with E-state index in [4.69, 9.17) is 0 Å². The van der Waals surface area contributed by atoms with Crippen molar-refractivity contribution in [3.63, 3.8) is 0 Å². The number of likely N-dealkylation sites (N-methyl/N-ethyl adjacent to an activating group) is 1. The highest BCUT2D eigenvalue weighted by atomic mass is 32.2. The van der Waals surface area contributed by atoms with E-state index >= 15 is 0 Å². The lowest BCUT2D eigenvalue weighted by molar-refractivity contribution is -0.384. The Balaban J connectivity index is 3.30. The van der Waals surface area contributed by atoms with Gasteiger partial charge < -0.3 is 5.11 Å². The van der Waals surface area contributed by atoms with Crippen molar-refractivity contribution in [2.24, 2.45) is 5.92 Å². The van der Waals surface area contributed by atoms with Crippen LogP contribution in [0.1, 0.15) is 27.2 Å². The number of carboxylic acid groups (broad SMARTS) is 1. The molecule has 2 atom stereocenters. The average molecular weight is 344 g/mol. The Bertz CT molecular complexity index is 671. The molecule has 0 saturated heterocycles. The number of sulfonamides is 1. The van der Waals surface area contributed by atoms with E-state index in [0.717, 1.165) is 28.6 Å². The zero-order valence-electron chi connectivity index (χ0n) is 13.2. The quantitative estimate of drug-likeness (QED) is 0.570. The van der Waals surface area contributed by atoms with Gasteiger partial charge in [0.2, 0.25) is 10.0 Å². The summed E-state index contributed by atoms with van der Waals surface area (Å²) in [5, 5.41) is 20.1. The van der Waals surface area contributed by atoms with Gasteiger partial charge in [0.15, 0.2) is 0 Å². The predicted octanol–water partition coefficient (Wildman–Crippen LogP) is 2.10. The molecule has 0 radical (unpaired) electrons. The third kappa shape index (κ3) is 4.05. The molecule has 0 aliphatic rings. The van der Waals surface area contributed by atoms with Crippen molar-refractivity contribution in [1.29, 1.82) is 0 Å². The fraction of sp³-hybridized carbons (Fsp3) is 0.500. The van der Waals surface area contributed by atoms with Crippen LogP contribution in [-0.4, -0.2) is 41.3 Å². The Hall–Kier alpha value is -2.00. The van der Waals surface area contributed by atoms with E-state index in [0.29, 0.717) is 6.42 Å². The zero-order chi connectivity index (χ0) is 17.8. The summed E-state index contributed by atoms with van der Waals surface area (Å²) in [6.45, 7) is 5.00. The molecule has 1 N–H and O–H groups in total. The number of aliphatic carboxylic acids is 1. The molecule has 8 nitrogen and oxygen atoms in total. The van der Waals surface area contributed by atoms with Crippen molar-refractivity contribution >= 4 is 21.7 Å². The van der Waals surface area contributed by atoms with Crippen molar-refractivity contribution in [3.8, 4) is 0 Å². The number of rotatable bonds is 8. The minimum absolute atomic E-state index is 0.0133. The van der Waals surface area contributed by atoms with Gasteiger partial charge >= 0.3 is 5.97 Å². The number of nitrogens with zero attached hydrogens (tertiary/aromatic N) is 2. The average Bonchev–Trinajstić information content (AvgIpc) is 2.51. The van der Waals surface area contributed by atoms with E-state index in [1.165, 1.54) is 0 Å². The van der Waals surface area contributed by atoms with Gasteiger partial charge in [-0.2, -0.15) is 4.31 Å². The van der Waals surface area contributed by atoms with Crippen LogP contribution >= 0.6 is 0 Å². The number of hydrogen-bond acceptors (Lipinski definition) is 5. The molecule has 9 heteroatoms. The molecule has 1 aromatic rings. The SMILES string of the molecule is CC[C@H](C)[C@@H](C(=O)O)N(CC)S(=O)(=O)c1ccc([N+](=O)[O-])cc1. The highest BCUT2D eigenvalue weighted by Crippen LogP contribution is 2.25. The standard InChI is InChI=1S/C14H20N2O6S/c1-4-10(3)13(14(17)18)15(5-2)23(21,22)12-8-6-11(7-9-12)16(19)20/h6-10,13H,4-5H2,1-3H3,(H,17,18)/t10-,13-/m0/s1. The smallest absolute Gasteiger partial charge is 0.322 e. The second-order valence-corrected chi connectivity index (χ2v) is 7.02. The van der Waals surface area contributed by atoms with Crippen molar-refractivity contribution in [2.45, 2.75) is 38.1 Å². The van der Waals surface area contributed by atoms with Crippen molar-refractivity contribution in [1.82, 2.24) is 4.31 Å². The summed E-state index contributed by atoms with van der Waals surface area (Å²) in [5.74, 6) is -1.59. The first-order chi connectivity index (χ1) is 10.7. The molecule has 0 amide bonds. The van der Waals surface area contributed by atoms with E-state index in [1.807, 2.05) is 0 Å². The summed E-state index contributed by atoms with van der Waals surface area (Å²) < 4.78 is 26.3. The molecule has 0 fully saturated rings. The van der Waals surface area contributed by atoms with Crippen LogP contribution in [0.2, 0.25) is 0 Å². The van der Waals surface area contributed by atoms with E-state index < -0.39 is 27.0 Å². The summed E-state index contributed by atoms with van der Waals surface area (Å²) in [6, 6.07) is 3.21. The molecule has 1 aromatic carbocycles. The fourth-order valence-electron chi connectivity index (χ4n) is 2.27. The first kappa shape index (κ1) is 19.0. The van der Waals surface area contributed by atoms with Gasteiger partial charge in [0.1, 0.15) is 6.04 Å². The van der Waals surface area contributed by atoms with Crippen LogP contribution in [0.4, 0.5) is 5.69 Å². The van der Waals surface area contributed by atoms with Crippen LogP contribution in [-0.2, 0) is 14.8 Å². The number of benzene rings is 1. The number of non-ortho nitro benzene ring substituents is 1. The molecular formula is C14H20N2O6S. The molecule has 0 aliphatic heterocycles. The summed E-state index contributed by atoms with van der Waals surface area (Å²) in [4.78, 5) is 21.4. The van der Waals surface area contributed by atoms with Gasteiger partial charge in [0.05, 0.1) is 9.82 Å². The Morgan fingerprint density at radius 2 is 1.83 bits per heavy atom. The van der Waals surface area contributed by atoms with Gasteiger partial charge in [-0.25, -0.2) is 8.42 Å². The summed E-state index contributed by atoms with van der Waals surface area (Å²) >= 11 is 0. The van der Waals surface area contributed by atoms with E-state index in [9.17, 15) is 28.4 Å². The maximum Gasteiger partial charge on any atom is 0.322 e. The molecule has 0 heterocycles. The van der Waals surface area contributed by atoms with Gasteiger partial charge in [0.25, 0.3) is 5.69 Å². The summed E-state index contributed by atoms with van der Waals surface area (Å²) in [7, 11) is -4.06. The molecule has 0 bridgehead atoms. The maximum absolute atomic E-state index is 12.7. The molecule has 0 unspecified atom stereocenters. The molecule has 0 aliphatic carbocycles. The number of carboxylic acids is 1. The van der Waals surface area contributed by atoms with E-state index in [-0.39, 0.29) is 23.0 Å². The minimum atomic E-state index is -4.06. The fourth-order valence-corrected chi connectivity index (χ4v) is 3.95. The van der Waals surface area contributed by atoms with Crippen molar-refractivity contribution in [3.05, 3.63) is 34.4 Å². The highest BCUT2D eigenvalue weighted by Gasteiger charge is 2.37. The molecule has 0 aromatic heterocycles. The molecular weight excluding hydrogens is 324 g/mol. The Morgan fingerprint density at radius 3 is 2.17 bits per heavy atom. The highest BCUT2D eigenvalue weighted by molar-refractivity contribution is 7.89. The Kier molecular flexibility index (Phi) is 6.22. The van der Waals surface area contributed by atoms with Gasteiger partial charge in [-0.15, -0.1) is 0 Å².